The number of nitrogens with one attached hydrogen (secondary N) is 1. The lowest BCUT2D eigenvalue weighted by molar-refractivity contribution is -0.860. The molecule has 0 aromatic heterocycles. The van der Waals surface area contributed by atoms with Crippen molar-refractivity contribution < 1.29 is 26.8 Å². The van der Waals surface area contributed by atoms with E-state index in [1.165, 1.54) is 4.90 Å². The summed E-state index contributed by atoms with van der Waals surface area (Å²) >= 11 is 0. The molecular formula is C12H16ClNO2. The molecule has 3 nitrogen and oxygen atoms in total. The second-order valence-electron chi connectivity index (χ2n) is 4.28. The second kappa shape index (κ2) is 5.32. The van der Waals surface area contributed by atoms with E-state index in [0.717, 1.165) is 17.9 Å². The van der Waals surface area contributed by atoms with Gasteiger partial charge in [-0.15, -0.1) is 0 Å². The molecule has 1 aromatic rings. The third-order valence-electron chi connectivity index (χ3n) is 2.62. The van der Waals surface area contributed by atoms with Gasteiger partial charge >= 0.3 is 0 Å². The average molecular weight is 242 g/mol. The summed E-state index contributed by atoms with van der Waals surface area (Å²) < 4.78 is 5.57. The van der Waals surface area contributed by atoms with Crippen molar-refractivity contribution in [3.8, 4) is 5.75 Å². The average Bonchev–Trinajstić information content (AvgIpc) is 2.22. The molecule has 1 unspecified atom stereocenters. The van der Waals surface area contributed by atoms with Gasteiger partial charge in [-0.1, -0.05) is 12.1 Å². The first-order valence-corrected chi connectivity index (χ1v) is 5.23. The highest BCUT2D eigenvalue weighted by atomic mass is 35.5. The molecule has 0 amide bonds. The highest BCUT2D eigenvalue weighted by Crippen LogP contribution is 2.26. The summed E-state index contributed by atoms with van der Waals surface area (Å²) in [4.78, 5) is 13.3. The van der Waals surface area contributed by atoms with Gasteiger partial charge in [-0.25, -0.2) is 0 Å². The Balaban J connectivity index is 0.00000128. The van der Waals surface area contributed by atoms with Crippen LogP contribution in [0.15, 0.2) is 24.3 Å². The van der Waals surface area contributed by atoms with Gasteiger partial charge in [0.15, 0.2) is 5.78 Å². The summed E-state index contributed by atoms with van der Waals surface area (Å²) in [7, 11) is 4.10. The molecule has 0 fully saturated rings. The Hall–Kier alpha value is -1.06. The lowest BCUT2D eigenvalue weighted by atomic mass is 9.95. The Morgan fingerprint density at radius 2 is 2.06 bits per heavy atom. The SMILES string of the molecule is C[NH+](C)CC1COc2ccccc2C1=O.[Cl-]. The molecule has 0 saturated heterocycles. The van der Waals surface area contributed by atoms with Crippen LogP contribution in [0.25, 0.3) is 0 Å². The molecule has 1 aromatic carbocycles. The lowest BCUT2D eigenvalue weighted by Crippen LogP contribution is -3.06. The Labute approximate surface area is 102 Å². The van der Waals surface area contributed by atoms with Gasteiger partial charge in [0.2, 0.25) is 0 Å². The van der Waals surface area contributed by atoms with E-state index in [-0.39, 0.29) is 24.1 Å². The summed E-state index contributed by atoms with van der Waals surface area (Å²) in [5, 5.41) is 0. The number of rotatable bonds is 2. The summed E-state index contributed by atoms with van der Waals surface area (Å²) in [5.74, 6) is 0.954. The summed E-state index contributed by atoms with van der Waals surface area (Å²) in [6.45, 7) is 1.34. The van der Waals surface area contributed by atoms with Crippen LogP contribution in [-0.4, -0.2) is 33.0 Å². The number of carbonyl (C=O) groups is 1. The second-order valence-corrected chi connectivity index (χ2v) is 4.28. The van der Waals surface area contributed by atoms with Gasteiger partial charge in [0.1, 0.15) is 18.3 Å². The van der Waals surface area contributed by atoms with E-state index in [9.17, 15) is 4.79 Å². The van der Waals surface area contributed by atoms with Gasteiger partial charge in [-0.2, -0.15) is 0 Å². The number of Topliss-reactive ketones (excluding diaryl/α,β-unsaturated/α-hetero) is 1. The number of ether oxygens (including phenoxy) is 1. The Kier molecular flexibility index (Phi) is 4.33. The van der Waals surface area contributed by atoms with E-state index in [2.05, 4.69) is 0 Å². The smallest absolute Gasteiger partial charge is 0.178 e. The number of carbonyl (C=O) groups excluding carboxylic acids is 1. The van der Waals surface area contributed by atoms with Gasteiger partial charge in [-0.3, -0.25) is 4.79 Å². The first-order chi connectivity index (χ1) is 7.18. The zero-order chi connectivity index (χ0) is 10.8. The largest absolute Gasteiger partial charge is 1.00 e. The molecule has 0 saturated carbocycles. The molecule has 1 heterocycles. The van der Waals surface area contributed by atoms with Crippen molar-refractivity contribution in [2.45, 2.75) is 0 Å². The van der Waals surface area contributed by atoms with Crippen LogP contribution in [-0.2, 0) is 0 Å². The minimum Gasteiger partial charge on any atom is -1.00 e. The van der Waals surface area contributed by atoms with Gasteiger partial charge in [0.05, 0.1) is 26.2 Å². The third kappa shape index (κ3) is 2.54. The molecule has 2 rings (SSSR count). The van der Waals surface area contributed by atoms with Crippen LogP contribution in [0.3, 0.4) is 0 Å². The van der Waals surface area contributed by atoms with Crippen molar-refractivity contribution in [1.29, 1.82) is 0 Å². The monoisotopic (exact) mass is 241 g/mol. The lowest BCUT2D eigenvalue weighted by Gasteiger charge is -2.24. The van der Waals surface area contributed by atoms with E-state index in [1.54, 1.807) is 0 Å². The van der Waals surface area contributed by atoms with E-state index < -0.39 is 0 Å². The Bertz CT molecular complexity index is 379. The van der Waals surface area contributed by atoms with Crippen LogP contribution in [0.2, 0.25) is 0 Å². The number of hydrogen-bond donors (Lipinski definition) is 1. The Morgan fingerprint density at radius 1 is 1.38 bits per heavy atom. The van der Waals surface area contributed by atoms with Gasteiger partial charge in [0, 0.05) is 0 Å². The molecule has 88 valence electrons. The minimum atomic E-state index is 0. The molecule has 0 radical (unpaired) electrons. The number of fused-ring (bicyclic) bond motifs is 1. The van der Waals surface area contributed by atoms with Crippen molar-refractivity contribution in [2.75, 3.05) is 27.2 Å². The van der Waals surface area contributed by atoms with Crippen molar-refractivity contribution in [1.82, 2.24) is 0 Å². The van der Waals surface area contributed by atoms with E-state index in [1.807, 2.05) is 38.4 Å². The van der Waals surface area contributed by atoms with Crippen LogP contribution in [0.1, 0.15) is 10.4 Å². The summed E-state index contributed by atoms with van der Waals surface area (Å²) in [6, 6.07) is 7.47. The number of benzene rings is 1. The normalized spacial score (nSPS) is 18.7. The molecule has 1 atom stereocenters. The van der Waals surface area contributed by atoms with Crippen LogP contribution >= 0.6 is 0 Å². The summed E-state index contributed by atoms with van der Waals surface area (Å²) in [5.41, 5.74) is 0.731. The molecule has 0 bridgehead atoms. The minimum absolute atomic E-state index is 0. The molecule has 1 aliphatic heterocycles. The van der Waals surface area contributed by atoms with Gasteiger partial charge in [-0.05, 0) is 12.1 Å². The highest BCUT2D eigenvalue weighted by Gasteiger charge is 2.30. The fourth-order valence-electron chi connectivity index (χ4n) is 1.93. The van der Waals surface area contributed by atoms with Crippen molar-refractivity contribution in [3.05, 3.63) is 29.8 Å². The first kappa shape index (κ1) is 13.0. The highest BCUT2D eigenvalue weighted by molar-refractivity contribution is 6.01. The molecule has 1 aliphatic rings. The number of halogens is 1. The molecule has 16 heavy (non-hydrogen) atoms. The van der Waals surface area contributed by atoms with E-state index in [0.29, 0.717) is 6.61 Å². The van der Waals surface area contributed by atoms with Crippen molar-refractivity contribution >= 4 is 5.78 Å². The molecule has 0 spiro atoms. The van der Waals surface area contributed by atoms with Gasteiger partial charge in [0.25, 0.3) is 0 Å². The zero-order valence-electron chi connectivity index (χ0n) is 9.50. The van der Waals surface area contributed by atoms with Crippen molar-refractivity contribution in [2.24, 2.45) is 5.92 Å². The Morgan fingerprint density at radius 3 is 2.75 bits per heavy atom. The van der Waals surface area contributed by atoms with Crippen LogP contribution in [0.5, 0.6) is 5.75 Å². The molecule has 4 heteroatoms. The fourth-order valence-corrected chi connectivity index (χ4v) is 1.93. The standard InChI is InChI=1S/C12H15NO2.ClH/c1-13(2)7-9-8-15-11-6-4-3-5-10(11)12(9)14;/h3-6,9H,7-8H2,1-2H3;1H. The number of quaternary nitrogens is 1. The maximum atomic E-state index is 12.1. The predicted molar refractivity (Wildman–Crippen MR) is 57.4 cm³/mol. The van der Waals surface area contributed by atoms with Gasteiger partial charge < -0.3 is 22.0 Å². The quantitative estimate of drug-likeness (QED) is 0.600. The molecule has 1 N–H and O–H groups in total. The predicted octanol–water partition coefficient (Wildman–Crippen LogP) is -2.97. The van der Waals surface area contributed by atoms with Crippen LogP contribution < -0.4 is 22.0 Å². The topological polar surface area (TPSA) is 30.7 Å². The third-order valence-corrected chi connectivity index (χ3v) is 2.62. The number of ketones is 1. The summed E-state index contributed by atoms with van der Waals surface area (Å²) in [6.07, 6.45) is 0. The van der Waals surface area contributed by atoms with Crippen LogP contribution in [0, 0.1) is 5.92 Å². The van der Waals surface area contributed by atoms with Crippen molar-refractivity contribution in [3.63, 3.8) is 0 Å². The fraction of sp³-hybridized carbons (Fsp3) is 0.417. The molecular weight excluding hydrogens is 226 g/mol. The van der Waals surface area contributed by atoms with E-state index in [4.69, 9.17) is 4.74 Å². The number of hydrogen-bond acceptors (Lipinski definition) is 2. The van der Waals surface area contributed by atoms with E-state index >= 15 is 0 Å². The zero-order valence-corrected chi connectivity index (χ0v) is 10.3. The molecule has 0 aliphatic carbocycles. The maximum absolute atomic E-state index is 12.1. The van der Waals surface area contributed by atoms with Crippen LogP contribution in [0.4, 0.5) is 0 Å². The number of para-hydroxylation sites is 1. The first-order valence-electron chi connectivity index (χ1n) is 5.23. The maximum Gasteiger partial charge on any atom is 0.178 e.